The number of hydrogen-bond donors (Lipinski definition) is 2. The van der Waals surface area contributed by atoms with Gasteiger partial charge in [0.2, 0.25) is 5.91 Å². The summed E-state index contributed by atoms with van der Waals surface area (Å²) in [6.45, 7) is 2.78. The normalized spacial score (nSPS) is 17.3. The van der Waals surface area contributed by atoms with Crippen LogP contribution in [-0.4, -0.2) is 38.0 Å². The average molecular weight is 374 g/mol. The Morgan fingerprint density at radius 2 is 2.15 bits per heavy atom. The van der Waals surface area contributed by atoms with E-state index in [1.165, 1.54) is 17.8 Å². The van der Waals surface area contributed by atoms with Crippen LogP contribution in [0, 0.1) is 5.92 Å². The second kappa shape index (κ2) is 7.06. The van der Waals surface area contributed by atoms with Gasteiger partial charge in [0, 0.05) is 24.4 Å². The van der Waals surface area contributed by atoms with Crippen molar-refractivity contribution in [1.82, 2.24) is 19.7 Å². The molecule has 3 N–H and O–H groups in total. The third kappa shape index (κ3) is 3.44. The third-order valence-electron chi connectivity index (χ3n) is 5.01. The molecular formula is C17H22N6O2S. The number of nitrogens with two attached hydrogens (primary N) is 1. The molecule has 2 aromatic heterocycles. The number of anilines is 1. The number of nitrogens with zero attached hydrogens (tertiary/aromatic N) is 4. The summed E-state index contributed by atoms with van der Waals surface area (Å²) >= 11 is 1.34. The molecule has 8 nitrogen and oxygen atoms in total. The number of thiazole rings is 1. The molecule has 1 saturated carbocycles. The Hall–Kier alpha value is -2.42. The Balaban J connectivity index is 1.40. The van der Waals surface area contributed by atoms with E-state index >= 15 is 0 Å². The highest BCUT2D eigenvalue weighted by Crippen LogP contribution is 2.29. The van der Waals surface area contributed by atoms with Crippen molar-refractivity contribution in [3.63, 3.8) is 0 Å². The number of aromatic nitrogens is 3. The minimum Gasteiger partial charge on any atom is -0.364 e. The Kier molecular flexibility index (Phi) is 4.62. The Bertz CT molecular complexity index is 825. The van der Waals surface area contributed by atoms with E-state index in [2.05, 4.69) is 15.4 Å². The lowest BCUT2D eigenvalue weighted by atomic mass is 9.84. The third-order valence-corrected chi connectivity index (χ3v) is 5.81. The molecule has 26 heavy (non-hydrogen) atoms. The predicted molar refractivity (Wildman–Crippen MR) is 97.6 cm³/mol. The fourth-order valence-corrected chi connectivity index (χ4v) is 4.04. The van der Waals surface area contributed by atoms with Crippen molar-refractivity contribution in [1.29, 1.82) is 0 Å². The minimum atomic E-state index is -0.528. The first-order chi connectivity index (χ1) is 12.6. The summed E-state index contributed by atoms with van der Waals surface area (Å²) in [6, 6.07) is 2.04. The van der Waals surface area contributed by atoms with Crippen LogP contribution in [0.1, 0.15) is 47.6 Å². The Labute approximate surface area is 155 Å². The molecule has 0 spiro atoms. The summed E-state index contributed by atoms with van der Waals surface area (Å²) in [5.41, 5.74) is 7.45. The lowest BCUT2D eigenvalue weighted by molar-refractivity contribution is -0.138. The molecule has 1 aliphatic heterocycles. The van der Waals surface area contributed by atoms with E-state index in [0.29, 0.717) is 24.1 Å². The van der Waals surface area contributed by atoms with Gasteiger partial charge in [-0.3, -0.25) is 14.3 Å². The van der Waals surface area contributed by atoms with E-state index in [4.69, 9.17) is 5.73 Å². The monoisotopic (exact) mass is 374 g/mol. The van der Waals surface area contributed by atoms with Crippen LogP contribution in [0.3, 0.4) is 0 Å². The zero-order valence-electron chi connectivity index (χ0n) is 14.5. The van der Waals surface area contributed by atoms with Gasteiger partial charge in [-0.05, 0) is 25.3 Å². The molecule has 0 saturated heterocycles. The summed E-state index contributed by atoms with van der Waals surface area (Å²) in [5, 5.41) is 10.1. The predicted octanol–water partition coefficient (Wildman–Crippen LogP) is 1.58. The number of aryl methyl sites for hydroxylation is 1. The molecule has 2 aliphatic rings. The van der Waals surface area contributed by atoms with Crippen molar-refractivity contribution in [3.8, 4) is 0 Å². The second-order valence-corrected chi connectivity index (χ2v) is 7.71. The fourth-order valence-electron chi connectivity index (χ4n) is 3.34. The fraction of sp³-hybridized carbons (Fsp3) is 0.529. The van der Waals surface area contributed by atoms with Gasteiger partial charge in [-0.25, -0.2) is 4.98 Å². The number of nitrogens with one attached hydrogen (secondary N) is 1. The number of amides is 2. The molecule has 2 aromatic rings. The maximum absolute atomic E-state index is 12.6. The molecule has 2 amide bonds. The van der Waals surface area contributed by atoms with Crippen LogP contribution in [0.4, 0.5) is 5.13 Å². The number of hydrogen-bond acceptors (Lipinski definition) is 6. The highest BCUT2D eigenvalue weighted by Gasteiger charge is 2.30. The molecule has 3 heterocycles. The first-order valence-electron chi connectivity index (χ1n) is 8.94. The molecule has 4 rings (SSSR count). The van der Waals surface area contributed by atoms with Crippen molar-refractivity contribution in [2.75, 3.05) is 11.9 Å². The summed E-state index contributed by atoms with van der Waals surface area (Å²) in [5.74, 6) is 0.00142. The van der Waals surface area contributed by atoms with Crippen molar-refractivity contribution in [2.24, 2.45) is 11.7 Å². The molecule has 0 atom stereocenters. The van der Waals surface area contributed by atoms with Crippen LogP contribution in [0.5, 0.6) is 0 Å². The van der Waals surface area contributed by atoms with Crippen LogP contribution in [0.2, 0.25) is 0 Å². The summed E-state index contributed by atoms with van der Waals surface area (Å²) in [4.78, 5) is 29.8. The van der Waals surface area contributed by atoms with Crippen molar-refractivity contribution < 1.29 is 9.59 Å². The summed E-state index contributed by atoms with van der Waals surface area (Å²) < 4.78 is 2.00. The van der Waals surface area contributed by atoms with E-state index < -0.39 is 5.91 Å². The number of carbonyl (C=O) groups excluding carboxylic acids is 2. The maximum Gasteiger partial charge on any atom is 0.268 e. The Morgan fingerprint density at radius 3 is 2.85 bits per heavy atom. The standard InChI is InChI=1S/C17H22N6O2S/c18-15(24)14-10-26-17(20-14)19-8-12-7-13-9-22(5-2-6-23(13)21-12)16(25)11-3-1-4-11/h7,10-11H,1-6,8-9H2,(H2,18,24)(H,19,20). The van der Waals surface area contributed by atoms with Crippen LogP contribution in [0.25, 0.3) is 0 Å². The number of fused-ring (bicyclic) bond motifs is 1. The molecule has 0 aromatic carbocycles. The quantitative estimate of drug-likeness (QED) is 0.826. The van der Waals surface area contributed by atoms with Crippen LogP contribution < -0.4 is 11.1 Å². The van der Waals surface area contributed by atoms with Crippen LogP contribution in [0.15, 0.2) is 11.4 Å². The van der Waals surface area contributed by atoms with E-state index in [-0.39, 0.29) is 11.6 Å². The molecule has 1 aliphatic carbocycles. The van der Waals surface area contributed by atoms with Gasteiger partial charge in [0.15, 0.2) is 5.13 Å². The first-order valence-corrected chi connectivity index (χ1v) is 9.81. The largest absolute Gasteiger partial charge is 0.364 e. The van der Waals surface area contributed by atoms with Gasteiger partial charge < -0.3 is 16.0 Å². The van der Waals surface area contributed by atoms with Crippen LogP contribution in [-0.2, 0) is 24.4 Å². The van der Waals surface area contributed by atoms with E-state index in [0.717, 1.165) is 43.7 Å². The molecule has 0 bridgehead atoms. The molecule has 0 radical (unpaired) electrons. The summed E-state index contributed by atoms with van der Waals surface area (Å²) in [6.07, 6.45) is 4.16. The molecular weight excluding hydrogens is 352 g/mol. The van der Waals surface area contributed by atoms with Gasteiger partial charge in [0.1, 0.15) is 5.69 Å². The van der Waals surface area contributed by atoms with Crippen molar-refractivity contribution in [3.05, 3.63) is 28.5 Å². The first kappa shape index (κ1) is 17.0. The van der Waals surface area contributed by atoms with E-state index in [9.17, 15) is 9.59 Å². The van der Waals surface area contributed by atoms with E-state index in [1.807, 2.05) is 15.6 Å². The second-order valence-electron chi connectivity index (χ2n) is 6.85. The highest BCUT2D eigenvalue weighted by atomic mass is 32.1. The van der Waals surface area contributed by atoms with Crippen LogP contribution >= 0.6 is 11.3 Å². The number of primary amides is 1. The topological polar surface area (TPSA) is 106 Å². The van der Waals surface area contributed by atoms with Gasteiger partial charge in [-0.1, -0.05) is 6.42 Å². The van der Waals surface area contributed by atoms with Crippen molar-refractivity contribution in [2.45, 2.75) is 45.3 Å². The van der Waals surface area contributed by atoms with Crippen molar-refractivity contribution >= 4 is 28.3 Å². The number of rotatable bonds is 5. The SMILES string of the molecule is NC(=O)c1csc(NCc2cc3n(n2)CCCN(C(=O)C2CCC2)C3)n1. The summed E-state index contributed by atoms with van der Waals surface area (Å²) in [7, 11) is 0. The van der Waals surface area contributed by atoms with Gasteiger partial charge in [-0.2, -0.15) is 5.10 Å². The maximum atomic E-state index is 12.6. The molecule has 9 heteroatoms. The Morgan fingerprint density at radius 1 is 1.31 bits per heavy atom. The minimum absolute atomic E-state index is 0.231. The molecule has 1 fully saturated rings. The molecule has 138 valence electrons. The molecule has 0 unspecified atom stereocenters. The zero-order chi connectivity index (χ0) is 18.1. The zero-order valence-corrected chi connectivity index (χ0v) is 15.3. The van der Waals surface area contributed by atoms with E-state index in [1.54, 1.807) is 5.38 Å². The van der Waals surface area contributed by atoms with Gasteiger partial charge in [-0.15, -0.1) is 11.3 Å². The average Bonchev–Trinajstić information content (AvgIpc) is 3.13. The highest BCUT2D eigenvalue weighted by molar-refractivity contribution is 7.13. The lowest BCUT2D eigenvalue weighted by Gasteiger charge is -2.30. The van der Waals surface area contributed by atoms with Gasteiger partial charge in [0.25, 0.3) is 5.91 Å². The lowest BCUT2D eigenvalue weighted by Crippen LogP contribution is -2.38. The van der Waals surface area contributed by atoms with Gasteiger partial charge >= 0.3 is 0 Å². The van der Waals surface area contributed by atoms with Gasteiger partial charge in [0.05, 0.1) is 24.5 Å². The smallest absolute Gasteiger partial charge is 0.268 e. The number of carbonyl (C=O) groups is 2.